The third-order valence-corrected chi connectivity index (χ3v) is 2.66. The number of carbonyl (C=O) groups excluding carboxylic acids is 1. The summed E-state index contributed by atoms with van der Waals surface area (Å²) in [6.07, 6.45) is 0.495. The number of halogens is 1. The number of nitrogens with zero attached hydrogens (tertiary/aromatic N) is 1. The maximum atomic E-state index is 11.0. The minimum absolute atomic E-state index is 0.115. The van der Waals surface area contributed by atoms with Crippen LogP contribution in [0.25, 0.3) is 0 Å². The van der Waals surface area contributed by atoms with Gasteiger partial charge >= 0.3 is 5.97 Å². The molecule has 1 aromatic rings. The highest BCUT2D eigenvalue weighted by Gasteiger charge is 2.10. The number of oxime groups is 1. The van der Waals surface area contributed by atoms with Crippen molar-refractivity contribution < 1.29 is 14.4 Å². The number of amidine groups is 1. The zero-order valence-corrected chi connectivity index (χ0v) is 12.0. The van der Waals surface area contributed by atoms with Crippen molar-refractivity contribution in [1.82, 2.24) is 0 Å². The fourth-order valence-electron chi connectivity index (χ4n) is 1.41. The van der Waals surface area contributed by atoms with Crippen LogP contribution in [0.1, 0.15) is 12.5 Å². The van der Waals surface area contributed by atoms with Gasteiger partial charge in [-0.05, 0) is 31.0 Å². The molecule has 0 aliphatic heterocycles. The average molecular weight is 300 g/mol. The number of rotatable bonds is 7. The Kier molecular flexibility index (Phi) is 6.83. The van der Waals surface area contributed by atoms with E-state index in [1.807, 2.05) is 12.1 Å². The maximum Gasteiger partial charge on any atom is 0.347 e. The van der Waals surface area contributed by atoms with Gasteiger partial charge in [-0.1, -0.05) is 28.9 Å². The van der Waals surface area contributed by atoms with Gasteiger partial charge in [-0.3, -0.25) is 0 Å². The second-order valence-corrected chi connectivity index (χ2v) is 4.47. The van der Waals surface area contributed by atoms with E-state index >= 15 is 0 Å². The SMILES string of the molecule is CCOC(=O)CO/N=C(\N)[C@@H](N)Cc1ccc(Cl)cc1. The Bertz CT molecular complexity index is 462. The van der Waals surface area contributed by atoms with E-state index in [0.29, 0.717) is 11.4 Å². The van der Waals surface area contributed by atoms with Crippen LogP contribution in [0.5, 0.6) is 0 Å². The molecular formula is C13H18ClN3O3. The normalized spacial score (nSPS) is 12.8. The van der Waals surface area contributed by atoms with E-state index in [0.717, 1.165) is 5.56 Å². The smallest absolute Gasteiger partial charge is 0.347 e. The molecule has 0 spiro atoms. The van der Waals surface area contributed by atoms with Crippen LogP contribution in [-0.4, -0.2) is 31.1 Å². The van der Waals surface area contributed by atoms with Gasteiger partial charge in [0, 0.05) is 5.02 Å². The van der Waals surface area contributed by atoms with Crippen LogP contribution < -0.4 is 11.5 Å². The number of benzene rings is 1. The molecule has 0 saturated carbocycles. The van der Waals surface area contributed by atoms with Crippen LogP contribution in [0.3, 0.4) is 0 Å². The van der Waals surface area contributed by atoms with E-state index in [2.05, 4.69) is 9.89 Å². The highest BCUT2D eigenvalue weighted by Crippen LogP contribution is 2.10. The van der Waals surface area contributed by atoms with E-state index < -0.39 is 12.0 Å². The molecule has 1 aromatic carbocycles. The average Bonchev–Trinajstić information content (AvgIpc) is 2.41. The predicted octanol–water partition coefficient (Wildman–Crippen LogP) is 1.06. The van der Waals surface area contributed by atoms with Crippen molar-refractivity contribution in [2.75, 3.05) is 13.2 Å². The van der Waals surface area contributed by atoms with Crippen LogP contribution in [0, 0.1) is 0 Å². The highest BCUT2D eigenvalue weighted by molar-refractivity contribution is 6.30. The lowest BCUT2D eigenvalue weighted by atomic mass is 10.1. The van der Waals surface area contributed by atoms with Gasteiger partial charge in [0.1, 0.15) is 0 Å². The van der Waals surface area contributed by atoms with Crippen molar-refractivity contribution in [3.8, 4) is 0 Å². The second kappa shape index (κ2) is 8.39. The quantitative estimate of drug-likeness (QED) is 0.339. The Morgan fingerprint density at radius 2 is 2.05 bits per heavy atom. The summed E-state index contributed by atoms with van der Waals surface area (Å²) in [5.74, 6) is -0.389. The van der Waals surface area contributed by atoms with Crippen molar-refractivity contribution in [2.24, 2.45) is 16.6 Å². The third kappa shape index (κ3) is 5.90. The first-order valence-electron chi connectivity index (χ1n) is 6.14. The summed E-state index contributed by atoms with van der Waals surface area (Å²) in [6, 6.07) is 6.75. The molecule has 0 aliphatic rings. The molecule has 0 saturated heterocycles. The minimum atomic E-state index is -0.504. The lowest BCUT2D eigenvalue weighted by Gasteiger charge is -2.10. The summed E-state index contributed by atoms with van der Waals surface area (Å²) < 4.78 is 4.67. The molecule has 0 heterocycles. The van der Waals surface area contributed by atoms with Gasteiger partial charge in [0.05, 0.1) is 12.6 Å². The molecule has 0 unspecified atom stereocenters. The summed E-state index contributed by atoms with van der Waals surface area (Å²) in [6.45, 7) is 1.71. The van der Waals surface area contributed by atoms with Gasteiger partial charge in [0.15, 0.2) is 5.84 Å². The first-order chi connectivity index (χ1) is 9.52. The molecule has 0 bridgehead atoms. The molecule has 6 nitrogen and oxygen atoms in total. The molecular weight excluding hydrogens is 282 g/mol. The summed E-state index contributed by atoms with van der Waals surface area (Å²) in [5.41, 5.74) is 12.5. The third-order valence-electron chi connectivity index (χ3n) is 2.41. The van der Waals surface area contributed by atoms with E-state index in [1.54, 1.807) is 19.1 Å². The van der Waals surface area contributed by atoms with Crippen molar-refractivity contribution in [3.05, 3.63) is 34.9 Å². The van der Waals surface area contributed by atoms with E-state index in [-0.39, 0.29) is 19.0 Å². The Balaban J connectivity index is 2.43. The van der Waals surface area contributed by atoms with Crippen LogP contribution in [0.4, 0.5) is 0 Å². The zero-order valence-electron chi connectivity index (χ0n) is 11.2. The Morgan fingerprint density at radius 3 is 2.65 bits per heavy atom. The van der Waals surface area contributed by atoms with Crippen molar-refractivity contribution in [1.29, 1.82) is 0 Å². The Labute approximate surface area is 122 Å². The zero-order chi connectivity index (χ0) is 15.0. The van der Waals surface area contributed by atoms with Crippen molar-refractivity contribution >= 4 is 23.4 Å². The molecule has 4 N–H and O–H groups in total. The van der Waals surface area contributed by atoms with Gasteiger partial charge in [-0.25, -0.2) is 4.79 Å². The highest BCUT2D eigenvalue weighted by atomic mass is 35.5. The summed E-state index contributed by atoms with van der Waals surface area (Å²) in [5, 5.41) is 4.26. The first kappa shape index (κ1) is 16.3. The summed E-state index contributed by atoms with van der Waals surface area (Å²) >= 11 is 5.79. The molecule has 1 rings (SSSR count). The largest absolute Gasteiger partial charge is 0.463 e. The van der Waals surface area contributed by atoms with Crippen LogP contribution in [0.15, 0.2) is 29.4 Å². The molecule has 0 fully saturated rings. The number of hydrogen-bond donors (Lipinski definition) is 2. The van der Waals surface area contributed by atoms with Crippen molar-refractivity contribution in [3.63, 3.8) is 0 Å². The molecule has 0 aromatic heterocycles. The summed E-state index contributed by atoms with van der Waals surface area (Å²) in [4.78, 5) is 15.8. The van der Waals surface area contributed by atoms with Crippen molar-refractivity contribution in [2.45, 2.75) is 19.4 Å². The lowest BCUT2D eigenvalue weighted by Crippen LogP contribution is -2.38. The van der Waals surface area contributed by atoms with E-state index in [9.17, 15) is 4.79 Å². The monoisotopic (exact) mass is 299 g/mol. The number of hydrogen-bond acceptors (Lipinski definition) is 5. The molecule has 7 heteroatoms. The molecule has 20 heavy (non-hydrogen) atoms. The predicted molar refractivity (Wildman–Crippen MR) is 77.3 cm³/mol. The number of carbonyl (C=O) groups is 1. The van der Waals surface area contributed by atoms with Gasteiger partial charge in [0.2, 0.25) is 6.61 Å². The van der Waals surface area contributed by atoms with Crippen LogP contribution >= 0.6 is 11.6 Å². The van der Waals surface area contributed by atoms with E-state index in [1.165, 1.54) is 0 Å². The van der Waals surface area contributed by atoms with Gasteiger partial charge < -0.3 is 21.0 Å². The number of ether oxygens (including phenoxy) is 1. The number of esters is 1. The lowest BCUT2D eigenvalue weighted by molar-refractivity contribution is -0.148. The fourth-order valence-corrected chi connectivity index (χ4v) is 1.53. The topological polar surface area (TPSA) is 99.9 Å². The second-order valence-electron chi connectivity index (χ2n) is 4.03. The standard InChI is InChI=1S/C13H18ClN3O3/c1-2-19-12(18)8-20-17-13(16)11(15)7-9-3-5-10(14)6-4-9/h3-6,11H,2,7-8,15H2,1H3,(H2,16,17)/t11-/m0/s1. The van der Waals surface area contributed by atoms with Crippen LogP contribution in [0.2, 0.25) is 5.02 Å². The Morgan fingerprint density at radius 1 is 1.40 bits per heavy atom. The van der Waals surface area contributed by atoms with Crippen LogP contribution in [-0.2, 0) is 20.8 Å². The Hall–Kier alpha value is -1.79. The molecule has 110 valence electrons. The summed E-state index contributed by atoms with van der Waals surface area (Å²) in [7, 11) is 0. The fraction of sp³-hybridized carbons (Fsp3) is 0.385. The van der Waals surface area contributed by atoms with Gasteiger partial charge in [-0.15, -0.1) is 0 Å². The minimum Gasteiger partial charge on any atom is -0.463 e. The molecule has 0 aliphatic carbocycles. The number of nitrogens with two attached hydrogens (primary N) is 2. The van der Waals surface area contributed by atoms with E-state index in [4.69, 9.17) is 27.9 Å². The maximum absolute atomic E-state index is 11.0. The molecule has 1 atom stereocenters. The van der Waals surface area contributed by atoms with Gasteiger partial charge in [-0.2, -0.15) is 0 Å². The molecule has 0 amide bonds. The van der Waals surface area contributed by atoms with Gasteiger partial charge in [0.25, 0.3) is 0 Å². The molecule has 0 radical (unpaired) electrons. The first-order valence-corrected chi connectivity index (χ1v) is 6.51.